The Morgan fingerprint density at radius 3 is 2.35 bits per heavy atom. The van der Waals surface area contributed by atoms with Crippen LogP contribution in [0.4, 0.5) is 8.78 Å². The van der Waals surface area contributed by atoms with Gasteiger partial charge in [0.15, 0.2) is 0 Å². The Kier molecular flexibility index (Phi) is 5.42. The highest BCUT2D eigenvalue weighted by Crippen LogP contribution is 2.19. The molecule has 0 aromatic heterocycles. The topological polar surface area (TPSA) is 46.9 Å². The van der Waals surface area contributed by atoms with Gasteiger partial charge >= 0.3 is 0 Å². The van der Waals surface area contributed by atoms with Gasteiger partial charge in [-0.2, -0.15) is 0 Å². The molecule has 1 atom stereocenters. The zero-order chi connectivity index (χ0) is 14.5. The fourth-order valence-corrected chi connectivity index (χ4v) is 2.45. The van der Waals surface area contributed by atoms with Gasteiger partial charge in [0, 0.05) is 50.9 Å². The van der Waals surface area contributed by atoms with E-state index in [-0.39, 0.29) is 12.2 Å². The number of hydrogen-bond donors (Lipinski definition) is 2. The van der Waals surface area contributed by atoms with E-state index >= 15 is 0 Å². The number of aliphatic hydroxyl groups excluding tert-OH is 2. The van der Waals surface area contributed by atoms with Gasteiger partial charge in [0.1, 0.15) is 11.6 Å². The van der Waals surface area contributed by atoms with Crippen LogP contribution in [0, 0.1) is 11.6 Å². The first-order chi connectivity index (χ1) is 9.60. The Balaban J connectivity index is 1.87. The molecule has 20 heavy (non-hydrogen) atoms. The first-order valence-corrected chi connectivity index (χ1v) is 6.78. The van der Waals surface area contributed by atoms with Crippen molar-refractivity contribution in [2.45, 2.75) is 6.10 Å². The number of rotatable bonds is 5. The fraction of sp³-hybridized carbons (Fsp3) is 0.571. The number of piperazine rings is 1. The molecule has 0 radical (unpaired) electrons. The first kappa shape index (κ1) is 15.3. The molecule has 0 saturated carbocycles. The van der Waals surface area contributed by atoms with Crippen LogP contribution in [0.5, 0.6) is 0 Å². The molecule has 2 rings (SSSR count). The fourth-order valence-electron chi connectivity index (χ4n) is 2.45. The van der Waals surface area contributed by atoms with Gasteiger partial charge in [0.05, 0.1) is 12.7 Å². The van der Waals surface area contributed by atoms with E-state index in [0.717, 1.165) is 38.3 Å². The first-order valence-electron chi connectivity index (χ1n) is 6.78. The van der Waals surface area contributed by atoms with Crippen LogP contribution in [0.1, 0.15) is 11.7 Å². The van der Waals surface area contributed by atoms with Gasteiger partial charge in [0.2, 0.25) is 0 Å². The highest BCUT2D eigenvalue weighted by molar-refractivity contribution is 5.21. The molecule has 6 heteroatoms. The van der Waals surface area contributed by atoms with Crippen molar-refractivity contribution >= 4 is 0 Å². The monoisotopic (exact) mass is 286 g/mol. The van der Waals surface area contributed by atoms with Crippen LogP contribution in [-0.2, 0) is 0 Å². The third-order valence-corrected chi connectivity index (χ3v) is 3.63. The Morgan fingerprint density at radius 1 is 1.10 bits per heavy atom. The SMILES string of the molecule is OCCN1CCN(C[C@H](O)c2ccc(F)cc2F)CC1. The quantitative estimate of drug-likeness (QED) is 0.832. The standard InChI is InChI=1S/C14H20F2N2O2/c15-11-1-2-12(13(16)9-11)14(20)10-18-5-3-17(4-6-18)7-8-19/h1-2,9,14,19-20H,3-8,10H2/t14-/m0/s1. The second kappa shape index (κ2) is 7.08. The molecule has 0 amide bonds. The minimum absolute atomic E-state index is 0.129. The minimum atomic E-state index is -0.958. The largest absolute Gasteiger partial charge is 0.395 e. The van der Waals surface area contributed by atoms with E-state index < -0.39 is 17.7 Å². The average molecular weight is 286 g/mol. The lowest BCUT2D eigenvalue weighted by Crippen LogP contribution is -2.48. The van der Waals surface area contributed by atoms with Crippen molar-refractivity contribution in [1.82, 2.24) is 9.80 Å². The predicted molar refractivity (Wildman–Crippen MR) is 71.3 cm³/mol. The molecular weight excluding hydrogens is 266 g/mol. The van der Waals surface area contributed by atoms with Crippen LogP contribution in [-0.4, -0.2) is 65.9 Å². The minimum Gasteiger partial charge on any atom is -0.395 e. The number of benzene rings is 1. The summed E-state index contributed by atoms with van der Waals surface area (Å²) in [4.78, 5) is 4.18. The molecule has 0 unspecified atom stereocenters. The van der Waals surface area contributed by atoms with Crippen molar-refractivity contribution in [2.24, 2.45) is 0 Å². The second-order valence-corrected chi connectivity index (χ2v) is 5.05. The zero-order valence-electron chi connectivity index (χ0n) is 11.3. The molecule has 1 fully saturated rings. The lowest BCUT2D eigenvalue weighted by molar-refractivity contribution is 0.0646. The number of halogens is 2. The molecule has 4 nitrogen and oxygen atoms in total. The summed E-state index contributed by atoms with van der Waals surface area (Å²) < 4.78 is 26.4. The molecule has 1 heterocycles. The molecule has 0 bridgehead atoms. The molecule has 1 aromatic carbocycles. The predicted octanol–water partition coefficient (Wildman–Crippen LogP) is 0.608. The average Bonchev–Trinajstić information content (AvgIpc) is 2.41. The summed E-state index contributed by atoms with van der Waals surface area (Å²) in [6.45, 7) is 4.29. The van der Waals surface area contributed by atoms with Crippen molar-refractivity contribution in [1.29, 1.82) is 0 Å². The van der Waals surface area contributed by atoms with Crippen LogP contribution >= 0.6 is 0 Å². The molecular formula is C14H20F2N2O2. The van der Waals surface area contributed by atoms with Crippen molar-refractivity contribution < 1.29 is 19.0 Å². The number of nitrogens with zero attached hydrogens (tertiary/aromatic N) is 2. The zero-order valence-corrected chi connectivity index (χ0v) is 11.3. The van der Waals surface area contributed by atoms with Crippen molar-refractivity contribution in [3.8, 4) is 0 Å². The summed E-state index contributed by atoms with van der Waals surface area (Å²) in [7, 11) is 0. The maximum Gasteiger partial charge on any atom is 0.131 e. The molecule has 2 N–H and O–H groups in total. The van der Waals surface area contributed by atoms with Gasteiger partial charge in [-0.25, -0.2) is 8.78 Å². The highest BCUT2D eigenvalue weighted by atomic mass is 19.1. The number of hydrogen-bond acceptors (Lipinski definition) is 4. The molecule has 1 aliphatic rings. The van der Waals surface area contributed by atoms with Gasteiger partial charge in [-0.1, -0.05) is 6.07 Å². The molecule has 1 saturated heterocycles. The van der Waals surface area contributed by atoms with Gasteiger partial charge in [-0.3, -0.25) is 9.80 Å². The summed E-state index contributed by atoms with van der Waals surface area (Å²) in [5.74, 6) is -1.35. The molecule has 1 aromatic rings. The van der Waals surface area contributed by atoms with Crippen LogP contribution in [0.3, 0.4) is 0 Å². The Bertz CT molecular complexity index is 437. The van der Waals surface area contributed by atoms with E-state index in [4.69, 9.17) is 5.11 Å². The summed E-state index contributed by atoms with van der Waals surface area (Å²) in [6.07, 6.45) is -0.958. The van der Waals surface area contributed by atoms with Crippen molar-refractivity contribution in [3.05, 3.63) is 35.4 Å². The van der Waals surface area contributed by atoms with E-state index in [1.54, 1.807) is 0 Å². The van der Waals surface area contributed by atoms with E-state index in [1.165, 1.54) is 6.07 Å². The normalized spacial score (nSPS) is 19.2. The van der Waals surface area contributed by atoms with E-state index in [9.17, 15) is 13.9 Å². The van der Waals surface area contributed by atoms with E-state index in [1.807, 2.05) is 4.90 Å². The molecule has 112 valence electrons. The summed E-state index contributed by atoms with van der Waals surface area (Å²) in [5.41, 5.74) is 0.129. The third kappa shape index (κ3) is 3.96. The number of β-amino-alcohol motifs (C(OH)–C–C–N with tert-alkyl or cyclic N) is 2. The smallest absolute Gasteiger partial charge is 0.131 e. The van der Waals surface area contributed by atoms with Gasteiger partial charge < -0.3 is 10.2 Å². The van der Waals surface area contributed by atoms with E-state index in [2.05, 4.69) is 4.90 Å². The van der Waals surface area contributed by atoms with Crippen molar-refractivity contribution in [2.75, 3.05) is 45.9 Å². The summed E-state index contributed by atoms with van der Waals surface area (Å²) in [6, 6.07) is 3.23. The summed E-state index contributed by atoms with van der Waals surface area (Å²) in [5, 5.41) is 18.9. The van der Waals surface area contributed by atoms with Gasteiger partial charge in [-0.15, -0.1) is 0 Å². The Labute approximate surface area is 117 Å². The molecule has 0 aliphatic carbocycles. The maximum absolute atomic E-state index is 13.6. The lowest BCUT2D eigenvalue weighted by atomic mass is 10.1. The maximum atomic E-state index is 13.6. The van der Waals surface area contributed by atoms with Gasteiger partial charge in [0.25, 0.3) is 0 Å². The van der Waals surface area contributed by atoms with Crippen molar-refractivity contribution in [3.63, 3.8) is 0 Å². The van der Waals surface area contributed by atoms with Gasteiger partial charge in [-0.05, 0) is 6.07 Å². The van der Waals surface area contributed by atoms with E-state index in [0.29, 0.717) is 13.1 Å². The Hall–Kier alpha value is -1.08. The van der Waals surface area contributed by atoms with Crippen LogP contribution in [0.2, 0.25) is 0 Å². The third-order valence-electron chi connectivity index (χ3n) is 3.63. The molecule has 0 spiro atoms. The molecule has 1 aliphatic heterocycles. The Morgan fingerprint density at radius 2 is 1.75 bits per heavy atom. The summed E-state index contributed by atoms with van der Waals surface area (Å²) >= 11 is 0. The van der Waals surface area contributed by atoms with Crippen LogP contribution < -0.4 is 0 Å². The van der Waals surface area contributed by atoms with Crippen LogP contribution in [0.15, 0.2) is 18.2 Å². The second-order valence-electron chi connectivity index (χ2n) is 5.05. The highest BCUT2D eigenvalue weighted by Gasteiger charge is 2.21. The number of aliphatic hydroxyl groups is 2. The van der Waals surface area contributed by atoms with Crippen LogP contribution in [0.25, 0.3) is 0 Å². The lowest BCUT2D eigenvalue weighted by Gasteiger charge is -2.35.